The second-order valence-electron chi connectivity index (χ2n) is 6.87. The Morgan fingerprint density at radius 3 is 2.04 bits per heavy atom. The van der Waals surface area contributed by atoms with Crippen molar-refractivity contribution >= 4 is 28.9 Å². The van der Waals surface area contributed by atoms with Gasteiger partial charge in [0.1, 0.15) is 0 Å². The van der Waals surface area contributed by atoms with Crippen LogP contribution in [0, 0.1) is 19.8 Å². The minimum Gasteiger partial charge on any atom is -0.376 e. The summed E-state index contributed by atoms with van der Waals surface area (Å²) in [4.78, 5) is 23.9. The zero-order valence-corrected chi connectivity index (χ0v) is 15.8. The third-order valence-electron chi connectivity index (χ3n) is 4.09. The molecule has 0 aliphatic rings. The van der Waals surface area contributed by atoms with E-state index in [1.54, 1.807) is 24.3 Å². The van der Waals surface area contributed by atoms with E-state index in [2.05, 4.69) is 16.0 Å². The van der Waals surface area contributed by atoms with Crippen LogP contribution in [0.2, 0.25) is 0 Å². The number of hydrogen-bond donors (Lipinski definition) is 3. The van der Waals surface area contributed by atoms with Gasteiger partial charge in [0, 0.05) is 23.5 Å². The Hall–Kier alpha value is -2.82. The van der Waals surface area contributed by atoms with Gasteiger partial charge in [0.2, 0.25) is 11.8 Å². The van der Waals surface area contributed by atoms with Gasteiger partial charge in [-0.2, -0.15) is 0 Å². The van der Waals surface area contributed by atoms with Crippen LogP contribution in [0.1, 0.15) is 31.4 Å². The fourth-order valence-electron chi connectivity index (χ4n) is 2.54. The fourth-order valence-corrected chi connectivity index (χ4v) is 2.54. The van der Waals surface area contributed by atoms with E-state index in [1.165, 1.54) is 5.56 Å². The van der Waals surface area contributed by atoms with Crippen LogP contribution in [-0.4, -0.2) is 18.4 Å². The minimum absolute atomic E-state index is 0.00508. The first-order valence-electron chi connectivity index (χ1n) is 8.85. The molecule has 2 aromatic carbocycles. The Bertz CT molecular complexity index is 767. The van der Waals surface area contributed by atoms with Gasteiger partial charge in [0.15, 0.2) is 0 Å². The molecule has 2 amide bonds. The molecule has 0 heterocycles. The lowest BCUT2D eigenvalue weighted by Crippen LogP contribution is -2.22. The molecule has 0 aliphatic heterocycles. The van der Waals surface area contributed by atoms with E-state index >= 15 is 0 Å². The summed E-state index contributed by atoms with van der Waals surface area (Å²) < 4.78 is 0. The lowest BCUT2D eigenvalue weighted by Gasteiger charge is -2.12. The first kappa shape index (κ1) is 19.5. The van der Waals surface area contributed by atoms with E-state index in [-0.39, 0.29) is 18.4 Å². The van der Waals surface area contributed by atoms with Crippen molar-refractivity contribution in [2.75, 3.05) is 22.5 Å². The number of rotatable bonds is 7. The molecular weight excluding hydrogens is 326 g/mol. The Balaban J connectivity index is 1.85. The van der Waals surface area contributed by atoms with Crippen molar-refractivity contribution in [3.8, 4) is 0 Å². The number of anilines is 3. The number of hydrogen-bond acceptors (Lipinski definition) is 3. The third-order valence-corrected chi connectivity index (χ3v) is 4.09. The van der Waals surface area contributed by atoms with E-state index in [4.69, 9.17) is 0 Å². The van der Waals surface area contributed by atoms with Gasteiger partial charge in [-0.3, -0.25) is 9.59 Å². The summed E-state index contributed by atoms with van der Waals surface area (Å²) in [6, 6.07) is 13.1. The lowest BCUT2D eigenvalue weighted by atomic mass is 10.1. The second-order valence-corrected chi connectivity index (χ2v) is 6.87. The van der Waals surface area contributed by atoms with Gasteiger partial charge >= 0.3 is 0 Å². The van der Waals surface area contributed by atoms with Crippen molar-refractivity contribution in [1.82, 2.24) is 0 Å². The van der Waals surface area contributed by atoms with E-state index < -0.39 is 0 Å². The van der Waals surface area contributed by atoms with Crippen molar-refractivity contribution in [3.63, 3.8) is 0 Å². The molecule has 26 heavy (non-hydrogen) atoms. The van der Waals surface area contributed by atoms with E-state index in [1.807, 2.05) is 45.9 Å². The molecule has 138 valence electrons. The first-order chi connectivity index (χ1) is 12.3. The number of carbonyl (C=O) groups excluding carboxylic acids is 2. The summed E-state index contributed by atoms with van der Waals surface area (Å²) in [7, 11) is 0. The summed E-state index contributed by atoms with van der Waals surface area (Å²) in [5, 5.41) is 8.85. The predicted molar refractivity (Wildman–Crippen MR) is 108 cm³/mol. The highest BCUT2D eigenvalue weighted by molar-refractivity contribution is 5.95. The maximum absolute atomic E-state index is 12.1. The number of benzene rings is 2. The molecule has 0 atom stereocenters. The largest absolute Gasteiger partial charge is 0.376 e. The van der Waals surface area contributed by atoms with Crippen molar-refractivity contribution in [2.45, 2.75) is 34.1 Å². The van der Waals surface area contributed by atoms with E-state index in [9.17, 15) is 9.59 Å². The summed E-state index contributed by atoms with van der Waals surface area (Å²) in [6.07, 6.45) is 0.489. The van der Waals surface area contributed by atoms with Gasteiger partial charge < -0.3 is 16.0 Å². The number of amides is 2. The van der Waals surface area contributed by atoms with Crippen LogP contribution in [0.25, 0.3) is 0 Å². The maximum atomic E-state index is 12.1. The highest BCUT2D eigenvalue weighted by atomic mass is 16.2. The topological polar surface area (TPSA) is 70.2 Å². The molecule has 0 bridgehead atoms. The van der Waals surface area contributed by atoms with E-state index in [0.717, 1.165) is 16.9 Å². The quantitative estimate of drug-likeness (QED) is 0.693. The van der Waals surface area contributed by atoms with Gasteiger partial charge in [-0.05, 0) is 61.2 Å². The Morgan fingerprint density at radius 2 is 1.46 bits per heavy atom. The average molecular weight is 353 g/mol. The monoisotopic (exact) mass is 353 g/mol. The predicted octanol–water partition coefficient (Wildman–Crippen LogP) is 4.34. The summed E-state index contributed by atoms with van der Waals surface area (Å²) in [5.74, 6) is 0.190. The maximum Gasteiger partial charge on any atom is 0.243 e. The number of aryl methyl sites for hydroxylation is 1. The van der Waals surface area contributed by atoms with Gasteiger partial charge in [-0.15, -0.1) is 0 Å². The van der Waals surface area contributed by atoms with E-state index in [0.29, 0.717) is 18.0 Å². The molecule has 0 aliphatic carbocycles. The molecule has 0 spiro atoms. The smallest absolute Gasteiger partial charge is 0.243 e. The molecule has 3 N–H and O–H groups in total. The Morgan fingerprint density at radius 1 is 0.885 bits per heavy atom. The number of carbonyl (C=O) groups is 2. The minimum atomic E-state index is -0.123. The summed E-state index contributed by atoms with van der Waals surface area (Å²) in [5.41, 5.74) is 4.71. The molecule has 2 aromatic rings. The van der Waals surface area contributed by atoms with Crippen LogP contribution >= 0.6 is 0 Å². The van der Waals surface area contributed by atoms with Crippen molar-refractivity contribution in [2.24, 2.45) is 5.92 Å². The molecule has 0 unspecified atom stereocenters. The molecule has 0 saturated carbocycles. The molecule has 0 fully saturated rings. The first-order valence-corrected chi connectivity index (χ1v) is 8.85. The van der Waals surface area contributed by atoms with Crippen LogP contribution in [-0.2, 0) is 9.59 Å². The van der Waals surface area contributed by atoms with Gasteiger partial charge in [0.25, 0.3) is 0 Å². The highest BCUT2D eigenvalue weighted by Crippen LogP contribution is 2.18. The van der Waals surface area contributed by atoms with Gasteiger partial charge in [-0.25, -0.2) is 0 Å². The van der Waals surface area contributed by atoms with Crippen molar-refractivity contribution in [3.05, 3.63) is 53.6 Å². The molecular formula is C21H27N3O2. The van der Waals surface area contributed by atoms with Gasteiger partial charge in [-0.1, -0.05) is 26.0 Å². The zero-order chi connectivity index (χ0) is 19.1. The molecule has 0 aromatic heterocycles. The average Bonchev–Trinajstić information content (AvgIpc) is 2.57. The highest BCUT2D eigenvalue weighted by Gasteiger charge is 2.07. The van der Waals surface area contributed by atoms with Crippen LogP contribution < -0.4 is 16.0 Å². The molecule has 2 rings (SSSR count). The van der Waals surface area contributed by atoms with Crippen LogP contribution in [0.5, 0.6) is 0 Å². The van der Waals surface area contributed by atoms with Crippen LogP contribution in [0.4, 0.5) is 17.1 Å². The van der Waals surface area contributed by atoms with Crippen LogP contribution in [0.3, 0.4) is 0 Å². The number of nitrogens with one attached hydrogen (secondary N) is 3. The summed E-state index contributed by atoms with van der Waals surface area (Å²) in [6.45, 7) is 8.27. The van der Waals surface area contributed by atoms with Crippen LogP contribution in [0.15, 0.2) is 42.5 Å². The standard InChI is InChI=1S/C21H27N3O2/c1-14(2)12-20(25)23-17-8-10-18(11-9-17)24-21(26)13-22-19-7-5-6-15(3)16(19)4/h5-11,14,22H,12-13H2,1-4H3,(H,23,25)(H,24,26). The zero-order valence-electron chi connectivity index (χ0n) is 15.8. The lowest BCUT2D eigenvalue weighted by molar-refractivity contribution is -0.117. The molecule has 0 saturated heterocycles. The fraction of sp³-hybridized carbons (Fsp3) is 0.333. The normalized spacial score (nSPS) is 10.5. The van der Waals surface area contributed by atoms with Crippen molar-refractivity contribution < 1.29 is 9.59 Å². The van der Waals surface area contributed by atoms with Crippen molar-refractivity contribution in [1.29, 1.82) is 0 Å². The molecule has 5 heteroatoms. The SMILES string of the molecule is Cc1cccc(NCC(=O)Nc2ccc(NC(=O)CC(C)C)cc2)c1C. The second kappa shape index (κ2) is 9.04. The molecule has 5 nitrogen and oxygen atoms in total. The summed E-state index contributed by atoms with van der Waals surface area (Å²) >= 11 is 0. The Labute approximate surface area is 155 Å². The molecule has 0 radical (unpaired) electrons. The Kier molecular flexibility index (Phi) is 6.78. The van der Waals surface area contributed by atoms with Gasteiger partial charge in [0.05, 0.1) is 6.54 Å². The third kappa shape index (κ3) is 5.92.